The fourth-order valence-electron chi connectivity index (χ4n) is 1.05. The standard InChI is InChI=1S/C13H16O/c1-10(2)13(14)9-8-12-6-4-11(3)5-7-12/h4-10H,1-3H3/b9-8+. The van der Waals surface area contributed by atoms with E-state index in [-0.39, 0.29) is 11.7 Å². The van der Waals surface area contributed by atoms with Crippen molar-refractivity contribution in [1.82, 2.24) is 0 Å². The molecule has 0 bridgehead atoms. The summed E-state index contributed by atoms with van der Waals surface area (Å²) in [7, 11) is 0. The number of aryl methyl sites for hydroxylation is 1. The molecule has 0 spiro atoms. The maximum absolute atomic E-state index is 11.3. The molecule has 0 aliphatic heterocycles. The Hall–Kier alpha value is -1.37. The van der Waals surface area contributed by atoms with E-state index in [0.29, 0.717) is 0 Å². The molecule has 1 aromatic carbocycles. The van der Waals surface area contributed by atoms with E-state index >= 15 is 0 Å². The Morgan fingerprint density at radius 2 is 1.79 bits per heavy atom. The third kappa shape index (κ3) is 3.17. The molecule has 1 nitrogen and oxygen atoms in total. The lowest BCUT2D eigenvalue weighted by Crippen LogP contribution is -2.01. The van der Waals surface area contributed by atoms with Crippen LogP contribution in [0.15, 0.2) is 30.3 Å². The van der Waals surface area contributed by atoms with Gasteiger partial charge in [-0.15, -0.1) is 0 Å². The van der Waals surface area contributed by atoms with E-state index in [4.69, 9.17) is 0 Å². The molecule has 0 atom stereocenters. The summed E-state index contributed by atoms with van der Waals surface area (Å²) in [5, 5.41) is 0. The van der Waals surface area contributed by atoms with Gasteiger partial charge in [0.15, 0.2) is 5.78 Å². The topological polar surface area (TPSA) is 17.1 Å². The van der Waals surface area contributed by atoms with Gasteiger partial charge in [-0.05, 0) is 18.6 Å². The van der Waals surface area contributed by atoms with E-state index in [1.807, 2.05) is 51.1 Å². The first kappa shape index (κ1) is 10.7. The average molecular weight is 188 g/mol. The van der Waals surface area contributed by atoms with Gasteiger partial charge in [-0.3, -0.25) is 4.79 Å². The number of benzene rings is 1. The van der Waals surface area contributed by atoms with E-state index < -0.39 is 0 Å². The Morgan fingerprint density at radius 3 is 2.29 bits per heavy atom. The van der Waals surface area contributed by atoms with Crippen LogP contribution in [0, 0.1) is 12.8 Å². The van der Waals surface area contributed by atoms with Crippen LogP contribution in [0.1, 0.15) is 25.0 Å². The van der Waals surface area contributed by atoms with Gasteiger partial charge in [0.25, 0.3) is 0 Å². The number of hydrogen-bond acceptors (Lipinski definition) is 1. The van der Waals surface area contributed by atoms with Crippen molar-refractivity contribution in [1.29, 1.82) is 0 Å². The summed E-state index contributed by atoms with van der Waals surface area (Å²) in [6.45, 7) is 5.86. The van der Waals surface area contributed by atoms with Crippen molar-refractivity contribution in [2.45, 2.75) is 20.8 Å². The van der Waals surface area contributed by atoms with Gasteiger partial charge in [-0.1, -0.05) is 49.8 Å². The first-order valence-corrected chi connectivity index (χ1v) is 4.88. The van der Waals surface area contributed by atoms with Crippen LogP contribution in [0.25, 0.3) is 6.08 Å². The molecule has 14 heavy (non-hydrogen) atoms. The largest absolute Gasteiger partial charge is 0.295 e. The van der Waals surface area contributed by atoms with Crippen molar-refractivity contribution in [3.8, 4) is 0 Å². The number of carbonyl (C=O) groups is 1. The zero-order chi connectivity index (χ0) is 10.6. The Kier molecular flexibility index (Phi) is 3.63. The van der Waals surface area contributed by atoms with Crippen molar-refractivity contribution in [2.24, 2.45) is 5.92 Å². The van der Waals surface area contributed by atoms with Crippen molar-refractivity contribution in [3.63, 3.8) is 0 Å². The van der Waals surface area contributed by atoms with Crippen molar-refractivity contribution < 1.29 is 4.79 Å². The molecular formula is C13H16O. The summed E-state index contributed by atoms with van der Waals surface area (Å²) in [6, 6.07) is 8.11. The summed E-state index contributed by atoms with van der Waals surface area (Å²) in [5.74, 6) is 0.252. The minimum Gasteiger partial charge on any atom is -0.295 e. The second-order valence-corrected chi connectivity index (χ2v) is 3.80. The molecule has 0 radical (unpaired) electrons. The van der Waals surface area contributed by atoms with Crippen LogP contribution in [-0.4, -0.2) is 5.78 Å². The molecule has 0 N–H and O–H groups in total. The van der Waals surface area contributed by atoms with Gasteiger partial charge in [-0.2, -0.15) is 0 Å². The molecule has 0 aromatic heterocycles. The van der Waals surface area contributed by atoms with Crippen LogP contribution in [0.4, 0.5) is 0 Å². The van der Waals surface area contributed by atoms with Crippen LogP contribution in [0.5, 0.6) is 0 Å². The molecule has 0 amide bonds. The first-order chi connectivity index (χ1) is 6.59. The smallest absolute Gasteiger partial charge is 0.158 e. The minimum absolute atomic E-state index is 0.0803. The van der Waals surface area contributed by atoms with Gasteiger partial charge in [0.2, 0.25) is 0 Å². The minimum atomic E-state index is 0.0803. The maximum atomic E-state index is 11.3. The van der Waals surface area contributed by atoms with Crippen LogP contribution in [-0.2, 0) is 4.79 Å². The second kappa shape index (κ2) is 4.75. The highest BCUT2D eigenvalue weighted by Crippen LogP contribution is 2.06. The molecule has 0 aliphatic carbocycles. The Labute approximate surface area is 85.5 Å². The second-order valence-electron chi connectivity index (χ2n) is 3.80. The molecule has 0 heterocycles. The van der Waals surface area contributed by atoms with Crippen LogP contribution >= 0.6 is 0 Å². The molecule has 0 unspecified atom stereocenters. The molecular weight excluding hydrogens is 172 g/mol. The Bertz CT molecular complexity index is 331. The van der Waals surface area contributed by atoms with Crippen molar-refractivity contribution in [3.05, 3.63) is 41.5 Å². The number of carbonyl (C=O) groups excluding carboxylic acids is 1. The molecule has 0 fully saturated rings. The summed E-state index contributed by atoms with van der Waals surface area (Å²) >= 11 is 0. The van der Waals surface area contributed by atoms with Gasteiger partial charge in [0, 0.05) is 5.92 Å². The lowest BCUT2D eigenvalue weighted by Gasteiger charge is -1.97. The third-order valence-corrected chi connectivity index (χ3v) is 2.09. The van der Waals surface area contributed by atoms with Crippen molar-refractivity contribution >= 4 is 11.9 Å². The molecule has 1 heteroatoms. The lowest BCUT2D eigenvalue weighted by atomic mass is 10.1. The Morgan fingerprint density at radius 1 is 1.21 bits per heavy atom. The first-order valence-electron chi connectivity index (χ1n) is 4.88. The fraction of sp³-hybridized carbons (Fsp3) is 0.308. The highest BCUT2D eigenvalue weighted by molar-refractivity contribution is 5.94. The highest BCUT2D eigenvalue weighted by Gasteiger charge is 2.00. The number of rotatable bonds is 3. The van der Waals surface area contributed by atoms with Gasteiger partial charge in [0.05, 0.1) is 0 Å². The third-order valence-electron chi connectivity index (χ3n) is 2.09. The van der Waals surface area contributed by atoms with E-state index in [2.05, 4.69) is 0 Å². The van der Waals surface area contributed by atoms with Crippen LogP contribution in [0.3, 0.4) is 0 Å². The number of allylic oxidation sites excluding steroid dienone is 1. The van der Waals surface area contributed by atoms with Gasteiger partial charge in [-0.25, -0.2) is 0 Å². The summed E-state index contributed by atoms with van der Waals surface area (Å²) in [6.07, 6.45) is 3.51. The Balaban J connectivity index is 2.69. The van der Waals surface area contributed by atoms with Gasteiger partial charge in [0.1, 0.15) is 0 Å². The predicted molar refractivity (Wildman–Crippen MR) is 60.1 cm³/mol. The lowest BCUT2D eigenvalue weighted by molar-refractivity contribution is -0.117. The van der Waals surface area contributed by atoms with Crippen LogP contribution in [0.2, 0.25) is 0 Å². The number of hydrogen-bond donors (Lipinski definition) is 0. The molecule has 0 saturated carbocycles. The molecule has 0 aliphatic rings. The van der Waals surface area contributed by atoms with E-state index in [1.54, 1.807) is 6.08 Å². The van der Waals surface area contributed by atoms with Crippen molar-refractivity contribution in [2.75, 3.05) is 0 Å². The summed E-state index contributed by atoms with van der Waals surface area (Å²) < 4.78 is 0. The van der Waals surface area contributed by atoms with Gasteiger partial charge < -0.3 is 0 Å². The molecule has 0 saturated heterocycles. The summed E-state index contributed by atoms with van der Waals surface area (Å²) in [4.78, 5) is 11.3. The summed E-state index contributed by atoms with van der Waals surface area (Å²) in [5.41, 5.74) is 2.31. The van der Waals surface area contributed by atoms with E-state index in [0.717, 1.165) is 5.56 Å². The average Bonchev–Trinajstić information content (AvgIpc) is 2.16. The fourth-order valence-corrected chi connectivity index (χ4v) is 1.05. The monoisotopic (exact) mass is 188 g/mol. The zero-order valence-corrected chi connectivity index (χ0v) is 8.95. The predicted octanol–water partition coefficient (Wildman–Crippen LogP) is 3.23. The number of ketones is 1. The highest BCUT2D eigenvalue weighted by atomic mass is 16.1. The molecule has 1 aromatic rings. The van der Waals surface area contributed by atoms with Gasteiger partial charge >= 0.3 is 0 Å². The van der Waals surface area contributed by atoms with Crippen LogP contribution < -0.4 is 0 Å². The molecule has 74 valence electrons. The van der Waals surface area contributed by atoms with E-state index in [1.165, 1.54) is 5.56 Å². The van der Waals surface area contributed by atoms with E-state index in [9.17, 15) is 4.79 Å². The quantitative estimate of drug-likeness (QED) is 0.665. The molecule has 1 rings (SSSR count). The maximum Gasteiger partial charge on any atom is 0.158 e. The zero-order valence-electron chi connectivity index (χ0n) is 8.95. The SMILES string of the molecule is Cc1ccc(/C=C/C(=O)C(C)C)cc1. The normalized spacial score (nSPS) is 11.1.